The smallest absolute Gasteiger partial charge is 0.306 e. The lowest BCUT2D eigenvalue weighted by molar-refractivity contribution is -0.141. The van der Waals surface area contributed by atoms with E-state index >= 15 is 0 Å². The number of aliphatic hydroxyl groups is 1. The quantitative estimate of drug-likeness (QED) is 0.472. The van der Waals surface area contributed by atoms with Gasteiger partial charge in [0, 0.05) is 0 Å². The van der Waals surface area contributed by atoms with E-state index in [1.54, 1.807) is 0 Å². The molecule has 1 aliphatic carbocycles. The molecule has 3 unspecified atom stereocenters. The van der Waals surface area contributed by atoms with Crippen molar-refractivity contribution in [2.45, 2.75) is 25.0 Å². The second kappa shape index (κ2) is 3.97. The van der Waals surface area contributed by atoms with Crippen molar-refractivity contribution in [1.29, 1.82) is 0 Å². The number of hydrogen-bond acceptors (Lipinski definition) is 3. The molecular formula is C7H11NO4S. The number of carboxylic acid groups (broad SMARTS) is 1. The minimum Gasteiger partial charge on any atom is -0.481 e. The second-order valence-corrected chi connectivity index (χ2v) is 3.54. The minimum absolute atomic E-state index is 0.189. The van der Waals surface area contributed by atoms with E-state index in [-0.39, 0.29) is 12.8 Å². The molecular weight excluding hydrogens is 194 g/mol. The predicted molar refractivity (Wildman–Crippen MR) is 47.7 cm³/mol. The van der Waals surface area contributed by atoms with Crippen LogP contribution in [0.15, 0.2) is 0 Å². The fourth-order valence-corrected chi connectivity index (χ4v) is 1.70. The van der Waals surface area contributed by atoms with E-state index in [9.17, 15) is 14.7 Å². The van der Waals surface area contributed by atoms with E-state index in [0.29, 0.717) is 0 Å². The average Bonchev–Trinajstić information content (AvgIpc) is 2.31. The van der Waals surface area contributed by atoms with Gasteiger partial charge in [-0.2, -0.15) is 0 Å². The van der Waals surface area contributed by atoms with Crippen LogP contribution in [0.3, 0.4) is 0 Å². The molecule has 5 nitrogen and oxygen atoms in total. The summed E-state index contributed by atoms with van der Waals surface area (Å²) in [5, 5.41) is 19.8. The van der Waals surface area contributed by atoms with Gasteiger partial charge in [0.2, 0.25) is 0 Å². The molecule has 0 heterocycles. The fraction of sp³-hybridized carbons (Fsp3) is 0.714. The van der Waals surface area contributed by atoms with Crippen molar-refractivity contribution in [3.8, 4) is 0 Å². The molecule has 0 aliphatic heterocycles. The van der Waals surface area contributed by atoms with Crippen LogP contribution in [0.25, 0.3) is 0 Å². The van der Waals surface area contributed by atoms with Crippen LogP contribution in [-0.4, -0.2) is 33.6 Å². The third-order valence-corrected chi connectivity index (χ3v) is 2.32. The number of hydrogen-bond donors (Lipinski definition) is 4. The number of carboxylic acids is 1. The molecule has 13 heavy (non-hydrogen) atoms. The standard InChI is InChI=1S/C7H11NO4S/c9-5-2-3(6(10)11)1-4(5)8-7(12)13/h3-5,9H,1-2H2,(H,10,11)(H2,8,12,13). The highest BCUT2D eigenvalue weighted by molar-refractivity contribution is 7.96. The van der Waals surface area contributed by atoms with Gasteiger partial charge in [-0.05, 0) is 12.8 Å². The van der Waals surface area contributed by atoms with Crippen molar-refractivity contribution in [3.63, 3.8) is 0 Å². The Kier molecular flexibility index (Phi) is 3.16. The molecule has 1 saturated carbocycles. The van der Waals surface area contributed by atoms with Crippen molar-refractivity contribution in [3.05, 3.63) is 0 Å². The number of carbonyl (C=O) groups excluding carboxylic acids is 1. The van der Waals surface area contributed by atoms with Crippen LogP contribution in [0.5, 0.6) is 0 Å². The van der Waals surface area contributed by atoms with Crippen molar-refractivity contribution >= 4 is 23.8 Å². The third kappa shape index (κ3) is 2.60. The Hall–Kier alpha value is -0.750. The van der Waals surface area contributed by atoms with Crippen LogP contribution >= 0.6 is 12.6 Å². The molecule has 1 rings (SSSR count). The first-order chi connectivity index (χ1) is 6.00. The second-order valence-electron chi connectivity index (χ2n) is 3.13. The molecule has 1 aliphatic rings. The number of nitrogens with one attached hydrogen (secondary N) is 1. The first-order valence-electron chi connectivity index (χ1n) is 3.91. The molecule has 0 saturated heterocycles. The normalized spacial score (nSPS) is 32.9. The zero-order chi connectivity index (χ0) is 10.0. The summed E-state index contributed by atoms with van der Waals surface area (Å²) >= 11 is 3.49. The number of thiol groups is 1. The maximum atomic E-state index is 10.5. The highest BCUT2D eigenvalue weighted by Crippen LogP contribution is 2.26. The molecule has 0 aromatic heterocycles. The Labute approximate surface area is 80.5 Å². The van der Waals surface area contributed by atoms with Gasteiger partial charge in [0.25, 0.3) is 5.24 Å². The maximum absolute atomic E-state index is 10.5. The Morgan fingerprint density at radius 3 is 2.38 bits per heavy atom. The Morgan fingerprint density at radius 2 is 2.00 bits per heavy atom. The van der Waals surface area contributed by atoms with E-state index < -0.39 is 29.3 Å². The lowest BCUT2D eigenvalue weighted by atomic mass is 10.1. The summed E-state index contributed by atoms with van der Waals surface area (Å²) in [5.41, 5.74) is 0. The maximum Gasteiger partial charge on any atom is 0.306 e. The number of rotatable bonds is 2. The van der Waals surface area contributed by atoms with E-state index in [0.717, 1.165) is 0 Å². The van der Waals surface area contributed by atoms with E-state index in [1.807, 2.05) is 0 Å². The van der Waals surface area contributed by atoms with Crippen molar-refractivity contribution < 1.29 is 19.8 Å². The van der Waals surface area contributed by atoms with Crippen molar-refractivity contribution in [2.24, 2.45) is 5.92 Å². The predicted octanol–water partition coefficient (Wildman–Crippen LogP) is -0.150. The number of amides is 1. The zero-order valence-electron chi connectivity index (χ0n) is 6.80. The summed E-state index contributed by atoms with van der Waals surface area (Å²) in [6, 6.07) is -0.480. The van der Waals surface area contributed by atoms with Crippen molar-refractivity contribution in [1.82, 2.24) is 5.32 Å². The highest BCUT2D eigenvalue weighted by atomic mass is 32.1. The molecule has 0 aromatic carbocycles. The van der Waals surface area contributed by atoms with E-state index in [1.165, 1.54) is 0 Å². The molecule has 3 atom stereocenters. The van der Waals surface area contributed by atoms with Gasteiger partial charge in [0.1, 0.15) is 0 Å². The number of aliphatic hydroxyl groups excluding tert-OH is 1. The van der Waals surface area contributed by atoms with Crippen LogP contribution in [0.1, 0.15) is 12.8 Å². The fourth-order valence-electron chi connectivity index (χ4n) is 1.53. The van der Waals surface area contributed by atoms with Crippen LogP contribution in [0, 0.1) is 5.92 Å². The Morgan fingerprint density at radius 1 is 1.38 bits per heavy atom. The first-order valence-corrected chi connectivity index (χ1v) is 4.35. The monoisotopic (exact) mass is 205 g/mol. The summed E-state index contributed by atoms with van der Waals surface area (Å²) in [7, 11) is 0. The summed E-state index contributed by atoms with van der Waals surface area (Å²) in [6.07, 6.45) is -0.325. The van der Waals surface area contributed by atoms with E-state index in [4.69, 9.17) is 5.11 Å². The van der Waals surface area contributed by atoms with Crippen LogP contribution < -0.4 is 5.32 Å². The van der Waals surface area contributed by atoms with Crippen molar-refractivity contribution in [2.75, 3.05) is 0 Å². The van der Waals surface area contributed by atoms with Gasteiger partial charge in [-0.25, -0.2) is 0 Å². The van der Waals surface area contributed by atoms with Gasteiger partial charge >= 0.3 is 5.97 Å². The average molecular weight is 205 g/mol. The van der Waals surface area contributed by atoms with Gasteiger partial charge in [-0.3, -0.25) is 9.59 Å². The van der Waals surface area contributed by atoms with Gasteiger partial charge in [0.15, 0.2) is 0 Å². The first kappa shape index (κ1) is 10.3. The zero-order valence-corrected chi connectivity index (χ0v) is 7.70. The number of carbonyl (C=O) groups is 2. The topological polar surface area (TPSA) is 86.6 Å². The number of aliphatic carboxylic acids is 1. The molecule has 0 radical (unpaired) electrons. The molecule has 74 valence electrons. The lowest BCUT2D eigenvalue weighted by Crippen LogP contribution is -2.37. The van der Waals surface area contributed by atoms with Gasteiger partial charge in [-0.15, -0.1) is 0 Å². The Bertz CT molecular complexity index is 233. The molecule has 1 amide bonds. The summed E-state index contributed by atoms with van der Waals surface area (Å²) in [5.74, 6) is -1.50. The summed E-state index contributed by atoms with van der Waals surface area (Å²) < 4.78 is 0. The highest BCUT2D eigenvalue weighted by Gasteiger charge is 2.37. The summed E-state index contributed by atoms with van der Waals surface area (Å²) in [4.78, 5) is 21.1. The molecule has 3 N–H and O–H groups in total. The largest absolute Gasteiger partial charge is 0.481 e. The molecule has 0 aromatic rings. The van der Waals surface area contributed by atoms with Gasteiger partial charge < -0.3 is 15.5 Å². The van der Waals surface area contributed by atoms with Gasteiger partial charge in [0.05, 0.1) is 18.1 Å². The molecule has 0 spiro atoms. The van der Waals surface area contributed by atoms with Crippen LogP contribution in [0.4, 0.5) is 4.79 Å². The minimum atomic E-state index is -0.935. The molecule has 1 fully saturated rings. The SMILES string of the molecule is O=C(S)NC1CC(C(=O)O)CC1O. The van der Waals surface area contributed by atoms with Crippen LogP contribution in [0.2, 0.25) is 0 Å². The Balaban J connectivity index is 2.51. The lowest BCUT2D eigenvalue weighted by Gasteiger charge is -2.13. The third-order valence-electron chi connectivity index (χ3n) is 2.19. The van der Waals surface area contributed by atoms with Gasteiger partial charge in [-0.1, -0.05) is 12.6 Å². The molecule has 0 bridgehead atoms. The van der Waals surface area contributed by atoms with E-state index in [2.05, 4.69) is 17.9 Å². The van der Waals surface area contributed by atoms with Crippen LogP contribution in [-0.2, 0) is 4.79 Å². The summed E-state index contributed by atoms with van der Waals surface area (Å²) in [6.45, 7) is 0. The molecule has 6 heteroatoms.